The van der Waals surface area contributed by atoms with E-state index in [1.54, 1.807) is 42.5 Å². The maximum atomic E-state index is 13.5. The predicted molar refractivity (Wildman–Crippen MR) is 165 cm³/mol. The van der Waals surface area contributed by atoms with Gasteiger partial charge in [-0.3, -0.25) is 14.3 Å². The molecule has 0 unspecified atom stereocenters. The van der Waals surface area contributed by atoms with Crippen LogP contribution in [0.2, 0.25) is 0 Å². The standard InChI is InChI=1S/C31H33N5O7S/c1-18-11-12-20(29(38)32-23-15-22(31(2,3)4)16-24(28(23)42-5)34-44(7,40)41)14-26(18)36-17-25(33-35-36)27(37)19-9-8-10-21(13-19)30(39)43-6/h8-17,34H,1-7H3,(H,32,38). The number of methoxy groups -OCH3 is 2. The van der Waals surface area contributed by atoms with E-state index < -0.39 is 27.7 Å². The lowest BCUT2D eigenvalue weighted by Gasteiger charge is -2.24. The van der Waals surface area contributed by atoms with Crippen molar-refractivity contribution in [1.29, 1.82) is 0 Å². The Bertz CT molecular complexity index is 1870. The van der Waals surface area contributed by atoms with Crippen LogP contribution in [0, 0.1) is 6.92 Å². The smallest absolute Gasteiger partial charge is 0.337 e. The summed E-state index contributed by atoms with van der Waals surface area (Å²) in [6.45, 7) is 7.70. The number of amides is 1. The lowest BCUT2D eigenvalue weighted by molar-refractivity contribution is 0.0600. The SMILES string of the molecule is COC(=O)c1cccc(C(=O)c2cn(-c3cc(C(=O)Nc4cc(C(C)(C)C)cc(NS(C)(=O)=O)c4OC)ccc3C)nn2)c1. The van der Waals surface area contributed by atoms with Crippen molar-refractivity contribution in [1.82, 2.24) is 15.0 Å². The summed E-state index contributed by atoms with van der Waals surface area (Å²) in [6.07, 6.45) is 2.47. The Morgan fingerprint density at radius 3 is 2.23 bits per heavy atom. The second kappa shape index (κ2) is 12.3. The van der Waals surface area contributed by atoms with Crippen LogP contribution in [-0.2, 0) is 20.2 Å². The lowest BCUT2D eigenvalue weighted by atomic mass is 9.86. The molecule has 4 rings (SSSR count). The average Bonchev–Trinajstić information content (AvgIpc) is 3.45. The molecule has 0 bridgehead atoms. The van der Waals surface area contributed by atoms with Crippen molar-refractivity contribution in [3.8, 4) is 11.4 Å². The van der Waals surface area contributed by atoms with Crippen molar-refractivity contribution in [2.75, 3.05) is 30.5 Å². The number of hydrogen-bond acceptors (Lipinski definition) is 9. The average molecular weight is 620 g/mol. The highest BCUT2D eigenvalue weighted by molar-refractivity contribution is 7.92. The van der Waals surface area contributed by atoms with Gasteiger partial charge < -0.3 is 14.8 Å². The van der Waals surface area contributed by atoms with Crippen molar-refractivity contribution in [3.05, 3.63) is 94.3 Å². The lowest BCUT2D eigenvalue weighted by Crippen LogP contribution is -2.18. The maximum absolute atomic E-state index is 13.5. The van der Waals surface area contributed by atoms with Crippen LogP contribution in [0.1, 0.15) is 68.7 Å². The Morgan fingerprint density at radius 1 is 0.909 bits per heavy atom. The molecule has 13 heteroatoms. The van der Waals surface area contributed by atoms with E-state index in [4.69, 9.17) is 9.47 Å². The number of rotatable bonds is 9. The molecule has 44 heavy (non-hydrogen) atoms. The first-order valence-electron chi connectivity index (χ1n) is 13.4. The summed E-state index contributed by atoms with van der Waals surface area (Å²) in [6, 6.07) is 14.5. The number of sulfonamides is 1. The van der Waals surface area contributed by atoms with Gasteiger partial charge in [0.05, 0.1) is 49.3 Å². The highest BCUT2D eigenvalue weighted by Crippen LogP contribution is 2.39. The number of nitrogens with zero attached hydrogens (tertiary/aromatic N) is 3. The summed E-state index contributed by atoms with van der Waals surface area (Å²) in [5.41, 5.74) is 2.88. The minimum Gasteiger partial charge on any atom is -0.492 e. The fourth-order valence-electron chi connectivity index (χ4n) is 4.38. The number of aromatic nitrogens is 3. The zero-order valence-corrected chi connectivity index (χ0v) is 26.2. The van der Waals surface area contributed by atoms with E-state index in [0.717, 1.165) is 17.4 Å². The number of ketones is 1. The summed E-state index contributed by atoms with van der Waals surface area (Å²) in [4.78, 5) is 38.5. The summed E-state index contributed by atoms with van der Waals surface area (Å²) in [5, 5.41) is 11.0. The number of carbonyl (C=O) groups is 3. The van der Waals surface area contributed by atoms with Gasteiger partial charge in [0.25, 0.3) is 5.91 Å². The first-order valence-corrected chi connectivity index (χ1v) is 15.3. The minimum absolute atomic E-state index is 0.0379. The molecule has 0 saturated heterocycles. The molecular weight excluding hydrogens is 586 g/mol. The van der Waals surface area contributed by atoms with Crippen LogP contribution in [-0.4, -0.2) is 61.5 Å². The number of anilines is 2. The van der Waals surface area contributed by atoms with Crippen LogP contribution in [0.5, 0.6) is 5.75 Å². The number of carbonyl (C=O) groups excluding carboxylic acids is 3. The summed E-state index contributed by atoms with van der Waals surface area (Å²) in [5.74, 6) is -1.35. The molecule has 12 nitrogen and oxygen atoms in total. The van der Waals surface area contributed by atoms with E-state index in [1.165, 1.54) is 37.2 Å². The van der Waals surface area contributed by atoms with Crippen LogP contribution in [0.4, 0.5) is 11.4 Å². The van der Waals surface area contributed by atoms with E-state index in [9.17, 15) is 22.8 Å². The Balaban J connectivity index is 1.66. The summed E-state index contributed by atoms with van der Waals surface area (Å²) in [7, 11) is -1.00. The molecule has 1 amide bonds. The van der Waals surface area contributed by atoms with E-state index in [1.807, 2.05) is 27.7 Å². The van der Waals surface area contributed by atoms with Crippen molar-refractivity contribution in [2.45, 2.75) is 33.1 Å². The molecular formula is C31H33N5O7S. The van der Waals surface area contributed by atoms with Crippen LogP contribution in [0.3, 0.4) is 0 Å². The van der Waals surface area contributed by atoms with E-state index >= 15 is 0 Å². The van der Waals surface area contributed by atoms with Crippen LogP contribution in [0.25, 0.3) is 5.69 Å². The van der Waals surface area contributed by atoms with Gasteiger partial charge in [0.2, 0.25) is 15.8 Å². The van der Waals surface area contributed by atoms with Crippen LogP contribution in [0.15, 0.2) is 60.8 Å². The third-order valence-corrected chi connectivity index (χ3v) is 7.28. The van der Waals surface area contributed by atoms with Gasteiger partial charge in [0.1, 0.15) is 0 Å². The van der Waals surface area contributed by atoms with Gasteiger partial charge in [-0.25, -0.2) is 17.9 Å². The number of ether oxygens (including phenoxy) is 2. The Labute approximate surface area is 255 Å². The zero-order valence-electron chi connectivity index (χ0n) is 25.4. The predicted octanol–water partition coefficient (Wildman–Crippen LogP) is 4.52. The second-order valence-corrected chi connectivity index (χ2v) is 12.9. The number of nitrogens with one attached hydrogen (secondary N) is 2. The van der Waals surface area contributed by atoms with Gasteiger partial charge >= 0.3 is 5.97 Å². The van der Waals surface area contributed by atoms with Gasteiger partial charge in [0, 0.05) is 11.1 Å². The third-order valence-electron chi connectivity index (χ3n) is 6.69. The molecule has 0 aliphatic rings. The van der Waals surface area contributed by atoms with Gasteiger partial charge in [0.15, 0.2) is 11.4 Å². The maximum Gasteiger partial charge on any atom is 0.337 e. The highest BCUT2D eigenvalue weighted by Gasteiger charge is 2.23. The summed E-state index contributed by atoms with van der Waals surface area (Å²) < 4.78 is 38.2. The molecule has 1 heterocycles. The first kappa shape index (κ1) is 31.9. The topological polar surface area (TPSA) is 159 Å². The molecule has 0 fully saturated rings. The molecule has 4 aromatic rings. The largest absolute Gasteiger partial charge is 0.492 e. The highest BCUT2D eigenvalue weighted by atomic mass is 32.2. The summed E-state index contributed by atoms with van der Waals surface area (Å²) >= 11 is 0. The molecule has 0 aliphatic carbocycles. The monoisotopic (exact) mass is 619 g/mol. The Hall–Kier alpha value is -5.04. The van der Waals surface area contributed by atoms with Gasteiger partial charge in [-0.1, -0.05) is 44.2 Å². The van der Waals surface area contributed by atoms with E-state index in [-0.39, 0.29) is 44.9 Å². The molecule has 1 aromatic heterocycles. The third kappa shape index (κ3) is 7.11. The van der Waals surface area contributed by atoms with Gasteiger partial charge in [-0.15, -0.1) is 5.10 Å². The van der Waals surface area contributed by atoms with E-state index in [2.05, 4.69) is 20.4 Å². The number of hydrogen-bond donors (Lipinski definition) is 2. The number of benzene rings is 3. The molecule has 2 N–H and O–H groups in total. The van der Waals surface area contributed by atoms with Crippen molar-refractivity contribution >= 4 is 39.1 Å². The number of esters is 1. The van der Waals surface area contributed by atoms with Gasteiger partial charge in [-0.05, 0) is 59.9 Å². The van der Waals surface area contributed by atoms with Crippen molar-refractivity contribution < 1.29 is 32.3 Å². The first-order chi connectivity index (χ1) is 20.6. The van der Waals surface area contributed by atoms with E-state index in [0.29, 0.717) is 5.69 Å². The van der Waals surface area contributed by atoms with Crippen molar-refractivity contribution in [2.24, 2.45) is 0 Å². The van der Waals surface area contributed by atoms with Crippen molar-refractivity contribution in [3.63, 3.8) is 0 Å². The molecule has 0 aliphatic heterocycles. The second-order valence-electron chi connectivity index (χ2n) is 11.1. The fourth-order valence-corrected chi connectivity index (χ4v) is 4.93. The zero-order chi connectivity index (χ0) is 32.4. The molecule has 0 spiro atoms. The molecule has 0 saturated carbocycles. The molecule has 230 valence electrons. The normalized spacial score (nSPS) is 11.5. The molecule has 0 radical (unpaired) electrons. The fraction of sp³-hybridized carbons (Fsp3) is 0.258. The van der Waals surface area contributed by atoms with Gasteiger partial charge in [-0.2, -0.15) is 0 Å². The number of aryl methyl sites for hydroxylation is 1. The molecule has 0 atom stereocenters. The van der Waals surface area contributed by atoms with Crippen LogP contribution >= 0.6 is 0 Å². The van der Waals surface area contributed by atoms with Crippen LogP contribution < -0.4 is 14.8 Å². The Morgan fingerprint density at radius 2 is 1.59 bits per heavy atom. The minimum atomic E-state index is -3.64. The molecule has 3 aromatic carbocycles. The Kier molecular flexibility index (Phi) is 8.91. The quantitative estimate of drug-likeness (QED) is 0.203.